The van der Waals surface area contributed by atoms with Gasteiger partial charge in [0.2, 0.25) is 0 Å². The van der Waals surface area contributed by atoms with Crippen molar-refractivity contribution in [3.05, 3.63) is 11.6 Å². The van der Waals surface area contributed by atoms with Crippen LogP contribution in [0.2, 0.25) is 0 Å². The monoisotopic (exact) mass is 474 g/mol. The maximum atomic E-state index is 11.4. The van der Waals surface area contributed by atoms with Gasteiger partial charge >= 0.3 is 0 Å². The van der Waals surface area contributed by atoms with E-state index in [9.17, 15) is 15.3 Å². The van der Waals surface area contributed by atoms with Gasteiger partial charge in [-0.05, 0) is 116 Å². The molecule has 4 aliphatic carbocycles. The Kier molecular flexibility index (Phi) is 7.20. The van der Waals surface area contributed by atoms with Crippen molar-refractivity contribution < 1.29 is 15.3 Å². The van der Waals surface area contributed by atoms with E-state index < -0.39 is 12.2 Å². The molecule has 0 radical (unpaired) electrons. The summed E-state index contributed by atoms with van der Waals surface area (Å²) < 4.78 is 0. The van der Waals surface area contributed by atoms with Crippen molar-refractivity contribution >= 4 is 0 Å². The molecule has 34 heavy (non-hydrogen) atoms. The highest BCUT2D eigenvalue weighted by molar-refractivity contribution is 5.17. The number of allylic oxidation sites excluding steroid dienone is 2. The van der Waals surface area contributed by atoms with Gasteiger partial charge in [-0.15, -0.1) is 0 Å². The van der Waals surface area contributed by atoms with Gasteiger partial charge in [-0.25, -0.2) is 0 Å². The molecule has 12 atom stereocenters. The lowest BCUT2D eigenvalue weighted by molar-refractivity contribution is -0.228. The Hall–Kier alpha value is -0.380. The predicted molar refractivity (Wildman–Crippen MR) is 140 cm³/mol. The highest BCUT2D eigenvalue weighted by Gasteiger charge is 2.67. The van der Waals surface area contributed by atoms with Crippen LogP contribution >= 0.6 is 0 Å². The van der Waals surface area contributed by atoms with Crippen LogP contribution in [-0.2, 0) is 0 Å². The molecule has 12 unspecified atom stereocenters. The lowest BCUT2D eigenvalue weighted by atomic mass is 9.38. The van der Waals surface area contributed by atoms with Crippen molar-refractivity contribution in [2.24, 2.45) is 57.7 Å². The summed E-state index contributed by atoms with van der Waals surface area (Å²) >= 11 is 0. The quantitative estimate of drug-likeness (QED) is 0.393. The molecule has 0 heterocycles. The normalized spacial score (nSPS) is 50.9. The number of hydrogen-bond acceptors (Lipinski definition) is 3. The van der Waals surface area contributed by atoms with E-state index >= 15 is 0 Å². The molecule has 0 aromatic carbocycles. The molecule has 196 valence electrons. The molecule has 0 bridgehead atoms. The Morgan fingerprint density at radius 1 is 0.824 bits per heavy atom. The van der Waals surface area contributed by atoms with E-state index in [1.54, 1.807) is 5.57 Å². The molecule has 3 nitrogen and oxygen atoms in total. The average Bonchev–Trinajstić information content (AvgIpc) is 3.11. The predicted octanol–water partition coefficient (Wildman–Crippen LogP) is 6.60. The summed E-state index contributed by atoms with van der Waals surface area (Å²) in [5, 5.41) is 32.4. The Morgan fingerprint density at radius 3 is 2.09 bits per heavy atom. The molecule has 4 rings (SSSR count). The third-order valence-corrected chi connectivity index (χ3v) is 12.5. The van der Waals surface area contributed by atoms with Crippen molar-refractivity contribution in [3.63, 3.8) is 0 Å². The second-order valence-electron chi connectivity index (χ2n) is 14.5. The molecule has 0 aromatic heterocycles. The minimum Gasteiger partial charge on any atom is -0.393 e. The zero-order chi connectivity index (χ0) is 25.2. The zero-order valence-electron chi connectivity index (χ0n) is 23.3. The molecule has 0 spiro atoms. The van der Waals surface area contributed by atoms with Gasteiger partial charge in [0.25, 0.3) is 0 Å². The van der Waals surface area contributed by atoms with E-state index in [0.717, 1.165) is 12.3 Å². The summed E-state index contributed by atoms with van der Waals surface area (Å²) in [5.41, 5.74) is 1.92. The minimum absolute atomic E-state index is 0.0804. The Labute approximate surface area is 209 Å². The van der Waals surface area contributed by atoms with Gasteiger partial charge in [-0.2, -0.15) is 0 Å². The van der Waals surface area contributed by atoms with Crippen LogP contribution in [0.1, 0.15) is 107 Å². The number of aliphatic hydroxyl groups excluding tert-OH is 3. The summed E-state index contributed by atoms with van der Waals surface area (Å²) in [5.74, 6) is 4.05. The van der Waals surface area contributed by atoms with Crippen LogP contribution in [-0.4, -0.2) is 33.6 Å². The Balaban J connectivity index is 1.56. The SMILES string of the molecule is CC(=CCC(C)C1CCC2C1(C)CCC1C3(C)CC(O)C(O)CC3C(O)CC21C)C(C)C(C)C. The zero-order valence-corrected chi connectivity index (χ0v) is 23.3. The molecular weight excluding hydrogens is 420 g/mol. The van der Waals surface area contributed by atoms with Gasteiger partial charge in [-0.1, -0.05) is 60.1 Å². The second-order valence-corrected chi connectivity index (χ2v) is 14.5. The first kappa shape index (κ1) is 26.7. The molecule has 0 amide bonds. The maximum absolute atomic E-state index is 11.4. The van der Waals surface area contributed by atoms with Crippen molar-refractivity contribution in [3.8, 4) is 0 Å². The lowest BCUT2D eigenvalue weighted by Gasteiger charge is -2.67. The minimum atomic E-state index is -0.683. The fourth-order valence-electron chi connectivity index (χ4n) is 10.3. The molecule has 3 N–H and O–H groups in total. The Morgan fingerprint density at radius 2 is 1.44 bits per heavy atom. The molecule has 0 saturated heterocycles. The van der Waals surface area contributed by atoms with Gasteiger partial charge in [-0.3, -0.25) is 0 Å². The first-order valence-corrected chi connectivity index (χ1v) is 14.5. The lowest BCUT2D eigenvalue weighted by Crippen LogP contribution is -2.64. The fourth-order valence-corrected chi connectivity index (χ4v) is 10.3. The van der Waals surface area contributed by atoms with E-state index in [0.29, 0.717) is 47.8 Å². The van der Waals surface area contributed by atoms with Crippen molar-refractivity contribution in [2.45, 2.75) is 125 Å². The van der Waals surface area contributed by atoms with Crippen molar-refractivity contribution in [2.75, 3.05) is 0 Å². The van der Waals surface area contributed by atoms with Gasteiger partial charge in [0.05, 0.1) is 18.3 Å². The van der Waals surface area contributed by atoms with E-state index in [-0.39, 0.29) is 22.9 Å². The fraction of sp³-hybridized carbons (Fsp3) is 0.935. The van der Waals surface area contributed by atoms with Crippen LogP contribution in [0.4, 0.5) is 0 Å². The first-order chi connectivity index (χ1) is 15.8. The number of hydrogen-bond donors (Lipinski definition) is 3. The highest BCUT2D eigenvalue weighted by atomic mass is 16.3. The van der Waals surface area contributed by atoms with E-state index in [4.69, 9.17) is 0 Å². The van der Waals surface area contributed by atoms with E-state index in [2.05, 4.69) is 61.5 Å². The van der Waals surface area contributed by atoms with Crippen LogP contribution < -0.4 is 0 Å². The summed E-state index contributed by atoms with van der Waals surface area (Å²) in [4.78, 5) is 0. The maximum Gasteiger partial charge on any atom is 0.0804 e. The summed E-state index contributed by atoms with van der Waals surface area (Å²) in [6.45, 7) is 19.2. The molecule has 4 saturated carbocycles. The molecule has 4 aliphatic rings. The molecule has 0 aromatic rings. The van der Waals surface area contributed by atoms with Gasteiger partial charge < -0.3 is 15.3 Å². The largest absolute Gasteiger partial charge is 0.393 e. The van der Waals surface area contributed by atoms with Crippen molar-refractivity contribution in [1.82, 2.24) is 0 Å². The Bertz CT molecular complexity index is 775. The third-order valence-electron chi connectivity index (χ3n) is 12.5. The average molecular weight is 475 g/mol. The highest BCUT2D eigenvalue weighted by Crippen LogP contribution is 2.73. The molecule has 4 fully saturated rings. The molecular formula is C31H54O3. The topological polar surface area (TPSA) is 60.7 Å². The van der Waals surface area contributed by atoms with Crippen LogP contribution in [0.15, 0.2) is 11.6 Å². The number of rotatable bonds is 5. The third kappa shape index (κ3) is 4.04. The number of fused-ring (bicyclic) bond motifs is 5. The smallest absolute Gasteiger partial charge is 0.0804 e. The van der Waals surface area contributed by atoms with Crippen LogP contribution in [0.5, 0.6) is 0 Å². The van der Waals surface area contributed by atoms with Crippen LogP contribution in [0, 0.1) is 57.7 Å². The summed E-state index contributed by atoms with van der Waals surface area (Å²) in [6.07, 6.45) is 9.14. The standard InChI is InChI=1S/C31H54O3/c1-18(2)21(5)19(3)9-10-20(4)22-11-12-27-29(22,6)14-13-28-30(7)17-26(34)24(32)15-23(30)25(33)16-31(27,28)8/h9,18,20-28,32-34H,10-17H2,1-8H3. The first-order valence-electron chi connectivity index (χ1n) is 14.5. The molecule has 0 aliphatic heterocycles. The summed E-state index contributed by atoms with van der Waals surface area (Å²) in [7, 11) is 0. The van der Waals surface area contributed by atoms with Crippen LogP contribution in [0.25, 0.3) is 0 Å². The second kappa shape index (κ2) is 9.18. The number of aliphatic hydroxyl groups is 3. The van der Waals surface area contributed by atoms with Gasteiger partial charge in [0.15, 0.2) is 0 Å². The van der Waals surface area contributed by atoms with Crippen molar-refractivity contribution in [1.29, 1.82) is 0 Å². The summed E-state index contributed by atoms with van der Waals surface area (Å²) in [6, 6.07) is 0. The van der Waals surface area contributed by atoms with E-state index in [1.165, 1.54) is 32.1 Å². The van der Waals surface area contributed by atoms with Crippen LogP contribution in [0.3, 0.4) is 0 Å². The van der Waals surface area contributed by atoms with Gasteiger partial charge in [0, 0.05) is 0 Å². The molecule has 3 heteroatoms. The van der Waals surface area contributed by atoms with Gasteiger partial charge in [0.1, 0.15) is 0 Å². The van der Waals surface area contributed by atoms with E-state index in [1.807, 2.05) is 0 Å².